The molecule has 0 heterocycles. The zero-order valence-electron chi connectivity index (χ0n) is 9.53. The van der Waals surface area contributed by atoms with Crippen molar-refractivity contribution in [2.75, 3.05) is 0 Å². The summed E-state index contributed by atoms with van der Waals surface area (Å²) in [5.41, 5.74) is -0.237. The van der Waals surface area contributed by atoms with Gasteiger partial charge in [-0.05, 0) is 6.92 Å². The predicted molar refractivity (Wildman–Crippen MR) is 53.7 cm³/mol. The fourth-order valence-corrected chi connectivity index (χ4v) is 0.929. The van der Waals surface area contributed by atoms with Gasteiger partial charge >= 0.3 is 5.97 Å². The molecule has 0 aliphatic heterocycles. The third-order valence-electron chi connectivity index (χ3n) is 1.61. The zero-order valence-corrected chi connectivity index (χ0v) is 9.53. The summed E-state index contributed by atoms with van der Waals surface area (Å²) in [6, 6.07) is 0.400. The lowest BCUT2D eigenvalue weighted by Gasteiger charge is -2.07. The largest absolute Gasteiger partial charge is 0.423 e. The van der Waals surface area contributed by atoms with E-state index in [1.807, 2.05) is 13.8 Å². The summed E-state index contributed by atoms with van der Waals surface area (Å²) in [6.45, 7) is 6.21. The maximum Gasteiger partial charge on any atom is 0.308 e. The van der Waals surface area contributed by atoms with Crippen LogP contribution >= 0.6 is 0 Å². The summed E-state index contributed by atoms with van der Waals surface area (Å²) < 4.78 is 42.9. The van der Waals surface area contributed by atoms with Crippen LogP contribution in [0.5, 0.6) is 5.75 Å². The molecule has 0 saturated heterocycles. The molecule has 0 aromatic heterocycles. The number of ether oxygens (including phenoxy) is 1. The molecule has 0 N–H and O–H groups in total. The van der Waals surface area contributed by atoms with Gasteiger partial charge in [0.1, 0.15) is 5.82 Å². The highest BCUT2D eigenvalue weighted by Gasteiger charge is 2.18. The molecule has 0 radical (unpaired) electrons. The van der Waals surface area contributed by atoms with Gasteiger partial charge in [0.05, 0.1) is 0 Å². The topological polar surface area (TPSA) is 26.3 Å². The molecule has 0 aliphatic rings. The zero-order chi connectivity index (χ0) is 12.9. The van der Waals surface area contributed by atoms with Crippen LogP contribution in [-0.2, 0) is 4.79 Å². The monoisotopic (exact) mass is 234 g/mol. The van der Waals surface area contributed by atoms with Gasteiger partial charge in [0.25, 0.3) is 0 Å². The van der Waals surface area contributed by atoms with Gasteiger partial charge < -0.3 is 4.74 Å². The van der Waals surface area contributed by atoms with Crippen molar-refractivity contribution in [3.8, 4) is 5.75 Å². The Balaban J connectivity index is 0.00000106. The molecule has 90 valence electrons. The Hall–Kier alpha value is -1.52. The number of hydrogen-bond donors (Lipinski definition) is 0. The van der Waals surface area contributed by atoms with Crippen LogP contribution < -0.4 is 4.74 Å². The molecule has 16 heavy (non-hydrogen) atoms. The Morgan fingerprint density at radius 1 is 1.19 bits per heavy atom. The molecule has 2 nitrogen and oxygen atoms in total. The SMILES string of the molecule is CC.CC(=O)Oc1c(C)c(F)cc(F)c1F. The molecule has 1 aromatic rings. The smallest absolute Gasteiger partial charge is 0.308 e. The van der Waals surface area contributed by atoms with Crippen LogP contribution in [0.4, 0.5) is 13.2 Å². The van der Waals surface area contributed by atoms with Crippen molar-refractivity contribution in [2.24, 2.45) is 0 Å². The van der Waals surface area contributed by atoms with Crippen molar-refractivity contribution in [3.63, 3.8) is 0 Å². The maximum atomic E-state index is 13.0. The van der Waals surface area contributed by atoms with Gasteiger partial charge in [-0.15, -0.1) is 0 Å². The van der Waals surface area contributed by atoms with Crippen LogP contribution in [-0.4, -0.2) is 5.97 Å². The Kier molecular flexibility index (Phi) is 5.56. The molecule has 0 amide bonds. The number of esters is 1. The predicted octanol–water partition coefficient (Wildman–Crippen LogP) is 3.36. The molecule has 5 heteroatoms. The number of halogens is 3. The average Bonchev–Trinajstić information content (AvgIpc) is 2.24. The standard InChI is InChI=1S/C9H7F3O2.C2H6/c1-4-6(10)3-7(11)8(12)9(4)14-5(2)13;1-2/h3H,1-2H3;1-2H3. The van der Waals surface area contributed by atoms with Crippen molar-refractivity contribution in [2.45, 2.75) is 27.7 Å². The second-order valence-corrected chi connectivity index (χ2v) is 2.70. The molecule has 1 aromatic carbocycles. The molecular weight excluding hydrogens is 221 g/mol. The van der Waals surface area contributed by atoms with E-state index in [4.69, 9.17) is 0 Å². The first-order chi connectivity index (χ1) is 7.43. The van der Waals surface area contributed by atoms with Crippen LogP contribution in [0, 0.1) is 24.4 Å². The molecule has 0 aliphatic carbocycles. The van der Waals surface area contributed by atoms with Gasteiger partial charge in [-0.2, -0.15) is 4.39 Å². The lowest BCUT2D eigenvalue weighted by atomic mass is 10.2. The highest BCUT2D eigenvalue weighted by Crippen LogP contribution is 2.27. The van der Waals surface area contributed by atoms with Crippen LogP contribution in [0.1, 0.15) is 26.3 Å². The van der Waals surface area contributed by atoms with Gasteiger partial charge in [0.2, 0.25) is 5.82 Å². The van der Waals surface area contributed by atoms with Gasteiger partial charge in [-0.3, -0.25) is 4.79 Å². The summed E-state index contributed by atoms with van der Waals surface area (Å²) in [5, 5.41) is 0. The maximum absolute atomic E-state index is 13.0. The molecule has 0 saturated carbocycles. The fourth-order valence-electron chi connectivity index (χ4n) is 0.929. The van der Waals surface area contributed by atoms with Crippen LogP contribution in [0.15, 0.2) is 6.07 Å². The van der Waals surface area contributed by atoms with Crippen molar-refractivity contribution in [1.82, 2.24) is 0 Å². The number of benzene rings is 1. The molecule has 0 bridgehead atoms. The Morgan fingerprint density at radius 3 is 2.12 bits per heavy atom. The van der Waals surface area contributed by atoms with E-state index < -0.39 is 29.2 Å². The quantitative estimate of drug-likeness (QED) is 0.423. The minimum Gasteiger partial charge on any atom is -0.423 e. The van der Waals surface area contributed by atoms with E-state index in [9.17, 15) is 18.0 Å². The second kappa shape index (κ2) is 6.15. The summed E-state index contributed by atoms with van der Waals surface area (Å²) in [6.07, 6.45) is 0. The van der Waals surface area contributed by atoms with Crippen molar-refractivity contribution in [1.29, 1.82) is 0 Å². The summed E-state index contributed by atoms with van der Waals surface area (Å²) >= 11 is 0. The van der Waals surface area contributed by atoms with E-state index in [0.717, 1.165) is 6.92 Å². The second-order valence-electron chi connectivity index (χ2n) is 2.70. The molecule has 0 unspecified atom stereocenters. The highest BCUT2D eigenvalue weighted by molar-refractivity contribution is 5.69. The third-order valence-corrected chi connectivity index (χ3v) is 1.61. The third kappa shape index (κ3) is 3.25. The molecule has 1 rings (SSSR count). The normalized spacial score (nSPS) is 9.19. The Labute approximate surface area is 92.0 Å². The van der Waals surface area contributed by atoms with E-state index in [-0.39, 0.29) is 5.56 Å². The molecule has 0 atom stereocenters. The number of carbonyl (C=O) groups excluding carboxylic acids is 1. The van der Waals surface area contributed by atoms with E-state index in [2.05, 4.69) is 4.74 Å². The van der Waals surface area contributed by atoms with E-state index in [1.165, 1.54) is 6.92 Å². The van der Waals surface area contributed by atoms with E-state index in [1.54, 1.807) is 0 Å². The average molecular weight is 234 g/mol. The van der Waals surface area contributed by atoms with E-state index in [0.29, 0.717) is 6.07 Å². The molecular formula is C11H13F3O2. The van der Waals surface area contributed by atoms with Crippen LogP contribution in [0.3, 0.4) is 0 Å². The minimum absolute atomic E-state index is 0.237. The minimum atomic E-state index is -1.38. The van der Waals surface area contributed by atoms with Gasteiger partial charge in [-0.25, -0.2) is 8.78 Å². The van der Waals surface area contributed by atoms with Crippen LogP contribution in [0.25, 0.3) is 0 Å². The number of hydrogen-bond acceptors (Lipinski definition) is 2. The van der Waals surface area contributed by atoms with Gasteiger partial charge in [-0.1, -0.05) is 13.8 Å². The highest BCUT2D eigenvalue weighted by atomic mass is 19.2. The number of rotatable bonds is 1. The molecule has 0 fully saturated rings. The summed E-state index contributed by atoms with van der Waals surface area (Å²) in [4.78, 5) is 10.5. The Bertz CT molecular complexity index is 363. The Morgan fingerprint density at radius 2 is 1.69 bits per heavy atom. The lowest BCUT2D eigenvalue weighted by Crippen LogP contribution is -2.07. The van der Waals surface area contributed by atoms with Crippen molar-refractivity contribution >= 4 is 5.97 Å². The first-order valence-corrected chi connectivity index (χ1v) is 4.76. The molecule has 0 spiro atoms. The van der Waals surface area contributed by atoms with Crippen molar-refractivity contribution < 1.29 is 22.7 Å². The lowest BCUT2D eigenvalue weighted by molar-refractivity contribution is -0.132. The number of carbonyl (C=O) groups is 1. The van der Waals surface area contributed by atoms with Gasteiger partial charge in [0, 0.05) is 18.6 Å². The van der Waals surface area contributed by atoms with Gasteiger partial charge in [0.15, 0.2) is 11.6 Å². The van der Waals surface area contributed by atoms with Crippen molar-refractivity contribution in [3.05, 3.63) is 29.1 Å². The van der Waals surface area contributed by atoms with E-state index >= 15 is 0 Å². The van der Waals surface area contributed by atoms with Crippen LogP contribution in [0.2, 0.25) is 0 Å². The fraction of sp³-hybridized carbons (Fsp3) is 0.364. The summed E-state index contributed by atoms with van der Waals surface area (Å²) in [5.74, 6) is -5.24. The first-order valence-electron chi connectivity index (χ1n) is 4.76. The summed E-state index contributed by atoms with van der Waals surface area (Å²) in [7, 11) is 0. The first kappa shape index (κ1) is 14.5.